The number of imidazole rings is 1. The summed E-state index contributed by atoms with van der Waals surface area (Å²) >= 11 is 1.68. The van der Waals surface area contributed by atoms with E-state index >= 15 is 0 Å². The van der Waals surface area contributed by atoms with E-state index in [-0.39, 0.29) is 11.0 Å². The highest BCUT2D eigenvalue weighted by Crippen LogP contribution is 2.31. The maximum absolute atomic E-state index is 13.2. The third-order valence-electron chi connectivity index (χ3n) is 6.50. The van der Waals surface area contributed by atoms with Crippen LogP contribution in [-0.2, 0) is 38.2 Å². The van der Waals surface area contributed by atoms with Crippen LogP contribution in [0.2, 0.25) is 0 Å². The SMILES string of the molecule is CCc1ccc(CSc2nc3cc(S(=O)(=O)N4CCOCC4)ccc3n2CC2CCCO2)cc1. The third kappa shape index (κ3) is 5.04. The van der Waals surface area contributed by atoms with Gasteiger partial charge in [0.05, 0.1) is 41.8 Å². The van der Waals surface area contributed by atoms with Gasteiger partial charge < -0.3 is 14.0 Å². The van der Waals surface area contributed by atoms with Crippen molar-refractivity contribution in [2.45, 2.75) is 54.6 Å². The second kappa shape index (κ2) is 10.4. The first-order valence-corrected chi connectivity index (χ1v) is 14.4. The minimum atomic E-state index is -3.57. The van der Waals surface area contributed by atoms with Crippen LogP contribution < -0.4 is 0 Å². The van der Waals surface area contributed by atoms with Crippen molar-refractivity contribution < 1.29 is 17.9 Å². The first-order chi connectivity index (χ1) is 16.5. The molecule has 3 aromatic rings. The Morgan fingerprint density at radius 3 is 2.53 bits per heavy atom. The molecule has 34 heavy (non-hydrogen) atoms. The molecule has 9 heteroatoms. The van der Waals surface area contributed by atoms with Gasteiger partial charge in [0.15, 0.2) is 5.16 Å². The lowest BCUT2D eigenvalue weighted by Gasteiger charge is -2.26. The van der Waals surface area contributed by atoms with Crippen LogP contribution in [-0.4, -0.2) is 61.3 Å². The summed E-state index contributed by atoms with van der Waals surface area (Å²) < 4.78 is 41.3. The minimum absolute atomic E-state index is 0.164. The van der Waals surface area contributed by atoms with E-state index in [1.54, 1.807) is 23.9 Å². The number of aromatic nitrogens is 2. The number of thioether (sulfide) groups is 1. The van der Waals surface area contributed by atoms with Gasteiger partial charge in [-0.1, -0.05) is 43.0 Å². The van der Waals surface area contributed by atoms with E-state index in [9.17, 15) is 8.42 Å². The number of ether oxygens (including phenoxy) is 2. The fourth-order valence-corrected chi connectivity index (χ4v) is 6.89. The largest absolute Gasteiger partial charge is 0.379 e. The predicted octanol–water partition coefficient (Wildman–Crippen LogP) is 4.09. The Labute approximate surface area is 205 Å². The smallest absolute Gasteiger partial charge is 0.243 e. The normalized spacial score (nSPS) is 19.7. The van der Waals surface area contributed by atoms with E-state index in [0.717, 1.165) is 48.8 Å². The van der Waals surface area contributed by atoms with E-state index in [2.05, 4.69) is 35.8 Å². The van der Waals surface area contributed by atoms with E-state index in [1.165, 1.54) is 15.4 Å². The summed E-state index contributed by atoms with van der Waals surface area (Å²) in [6.07, 6.45) is 3.30. The second-order valence-electron chi connectivity index (χ2n) is 8.77. The Morgan fingerprint density at radius 1 is 1.06 bits per heavy atom. The van der Waals surface area contributed by atoms with Crippen molar-refractivity contribution in [3.63, 3.8) is 0 Å². The van der Waals surface area contributed by atoms with Crippen LogP contribution in [0.25, 0.3) is 11.0 Å². The van der Waals surface area contributed by atoms with Crippen LogP contribution in [0.4, 0.5) is 0 Å². The van der Waals surface area contributed by atoms with Gasteiger partial charge in [0, 0.05) is 25.4 Å². The summed E-state index contributed by atoms with van der Waals surface area (Å²) in [5.41, 5.74) is 4.22. The second-order valence-corrected chi connectivity index (χ2v) is 11.6. The summed E-state index contributed by atoms with van der Waals surface area (Å²) in [4.78, 5) is 5.17. The molecule has 2 saturated heterocycles. The molecular weight excluding hydrogens is 470 g/mol. The van der Waals surface area contributed by atoms with Crippen LogP contribution in [0.15, 0.2) is 52.5 Å². The molecule has 0 N–H and O–H groups in total. The number of morpholine rings is 1. The van der Waals surface area contributed by atoms with Gasteiger partial charge >= 0.3 is 0 Å². The first-order valence-electron chi connectivity index (χ1n) is 11.9. The Morgan fingerprint density at radius 2 is 1.82 bits per heavy atom. The number of hydrogen-bond acceptors (Lipinski definition) is 6. The lowest BCUT2D eigenvalue weighted by molar-refractivity contribution is 0.0730. The number of fused-ring (bicyclic) bond motifs is 1. The van der Waals surface area contributed by atoms with E-state index in [4.69, 9.17) is 14.5 Å². The Hall–Kier alpha value is -1.91. The van der Waals surface area contributed by atoms with Gasteiger partial charge in [0.1, 0.15) is 0 Å². The highest BCUT2D eigenvalue weighted by Gasteiger charge is 2.27. The monoisotopic (exact) mass is 501 g/mol. The Kier molecular flexibility index (Phi) is 7.27. The van der Waals surface area contributed by atoms with Crippen molar-refractivity contribution in [2.24, 2.45) is 0 Å². The summed E-state index contributed by atoms with van der Waals surface area (Å²) in [5.74, 6) is 0.803. The number of sulfonamides is 1. The van der Waals surface area contributed by atoms with Gasteiger partial charge in [-0.05, 0) is 48.6 Å². The van der Waals surface area contributed by atoms with Gasteiger partial charge in [0.25, 0.3) is 0 Å². The zero-order chi connectivity index (χ0) is 23.5. The van der Waals surface area contributed by atoms with Crippen molar-refractivity contribution in [3.05, 3.63) is 53.6 Å². The van der Waals surface area contributed by atoms with Crippen molar-refractivity contribution in [3.8, 4) is 0 Å². The minimum Gasteiger partial charge on any atom is -0.379 e. The highest BCUT2D eigenvalue weighted by atomic mass is 32.2. The Balaban J connectivity index is 1.45. The molecule has 2 aromatic carbocycles. The van der Waals surface area contributed by atoms with E-state index in [1.807, 2.05) is 6.07 Å². The highest BCUT2D eigenvalue weighted by molar-refractivity contribution is 7.98. The predicted molar refractivity (Wildman–Crippen MR) is 134 cm³/mol. The zero-order valence-electron chi connectivity index (χ0n) is 19.5. The maximum atomic E-state index is 13.2. The molecular formula is C25H31N3O4S2. The summed E-state index contributed by atoms with van der Waals surface area (Å²) in [5, 5.41) is 0.894. The van der Waals surface area contributed by atoms with Crippen LogP contribution >= 0.6 is 11.8 Å². The maximum Gasteiger partial charge on any atom is 0.243 e. The Bertz CT molecular complexity index is 1230. The molecule has 7 nitrogen and oxygen atoms in total. The fraction of sp³-hybridized carbons (Fsp3) is 0.480. The number of nitrogens with zero attached hydrogens (tertiary/aromatic N) is 3. The standard InChI is InChI=1S/C25H31N3O4S2/c1-2-19-5-7-20(8-6-19)18-33-25-26-23-16-22(34(29,30)27-11-14-31-15-12-27)9-10-24(23)28(25)17-21-4-3-13-32-21/h5-10,16,21H,2-4,11-15,17-18H2,1H3. The van der Waals surface area contributed by atoms with E-state index in [0.29, 0.717) is 31.8 Å². The molecule has 2 aliphatic rings. The summed E-state index contributed by atoms with van der Waals surface area (Å²) in [6.45, 7) is 5.30. The molecule has 1 atom stereocenters. The molecule has 3 heterocycles. The molecule has 0 aliphatic carbocycles. The van der Waals surface area contributed by atoms with Gasteiger partial charge in [0.2, 0.25) is 10.0 Å². The molecule has 0 bridgehead atoms. The fourth-order valence-electron chi connectivity index (χ4n) is 4.48. The third-order valence-corrected chi connectivity index (χ3v) is 9.44. The molecule has 1 unspecified atom stereocenters. The topological polar surface area (TPSA) is 73.7 Å². The lowest BCUT2D eigenvalue weighted by Crippen LogP contribution is -2.40. The molecule has 5 rings (SSSR count). The number of rotatable bonds is 8. The molecule has 0 amide bonds. The summed E-state index contributed by atoms with van der Waals surface area (Å²) in [6, 6.07) is 14.0. The van der Waals surface area contributed by atoms with Crippen molar-refractivity contribution in [1.29, 1.82) is 0 Å². The quantitative estimate of drug-likeness (QED) is 0.433. The van der Waals surface area contributed by atoms with Crippen LogP contribution in [0, 0.1) is 0 Å². The van der Waals surface area contributed by atoms with Gasteiger partial charge in [-0.3, -0.25) is 0 Å². The van der Waals surface area contributed by atoms with Crippen LogP contribution in [0.3, 0.4) is 0 Å². The van der Waals surface area contributed by atoms with Gasteiger partial charge in [-0.15, -0.1) is 0 Å². The number of aryl methyl sites for hydroxylation is 1. The van der Waals surface area contributed by atoms with E-state index < -0.39 is 10.0 Å². The molecule has 1 aromatic heterocycles. The molecule has 2 aliphatic heterocycles. The first kappa shape index (κ1) is 23.8. The average molecular weight is 502 g/mol. The lowest BCUT2D eigenvalue weighted by atomic mass is 10.1. The zero-order valence-corrected chi connectivity index (χ0v) is 21.1. The van der Waals surface area contributed by atoms with Crippen molar-refractivity contribution >= 4 is 32.8 Å². The average Bonchev–Trinajstić information content (AvgIpc) is 3.51. The van der Waals surface area contributed by atoms with Gasteiger partial charge in [-0.25, -0.2) is 13.4 Å². The van der Waals surface area contributed by atoms with Crippen molar-refractivity contribution in [1.82, 2.24) is 13.9 Å². The van der Waals surface area contributed by atoms with Crippen LogP contribution in [0.5, 0.6) is 0 Å². The number of benzene rings is 2. The number of hydrogen-bond donors (Lipinski definition) is 0. The molecule has 182 valence electrons. The van der Waals surface area contributed by atoms with Crippen LogP contribution in [0.1, 0.15) is 30.9 Å². The van der Waals surface area contributed by atoms with Gasteiger partial charge in [-0.2, -0.15) is 4.31 Å². The summed E-state index contributed by atoms with van der Waals surface area (Å²) in [7, 11) is -3.57. The van der Waals surface area contributed by atoms with Crippen molar-refractivity contribution in [2.75, 3.05) is 32.9 Å². The molecule has 0 radical (unpaired) electrons. The molecule has 0 spiro atoms. The molecule has 0 saturated carbocycles. The molecule has 2 fully saturated rings.